The lowest BCUT2D eigenvalue weighted by Gasteiger charge is -2.09. The van der Waals surface area contributed by atoms with E-state index in [0.717, 1.165) is 17.7 Å². The minimum Gasteiger partial charge on any atom is -0.494 e. The summed E-state index contributed by atoms with van der Waals surface area (Å²) in [4.78, 5) is 23.3. The van der Waals surface area contributed by atoms with Gasteiger partial charge in [0.15, 0.2) is 13.2 Å². The van der Waals surface area contributed by atoms with Crippen LogP contribution in [0.4, 0.5) is 0 Å². The highest BCUT2D eigenvalue weighted by Gasteiger charge is 2.08. The van der Waals surface area contributed by atoms with Crippen LogP contribution in [-0.4, -0.2) is 38.2 Å². The van der Waals surface area contributed by atoms with Gasteiger partial charge in [0, 0.05) is 6.54 Å². The molecule has 0 bridgehead atoms. The molecule has 0 radical (unpaired) electrons. The van der Waals surface area contributed by atoms with Crippen molar-refractivity contribution in [3.05, 3.63) is 60.2 Å². The predicted octanol–water partition coefficient (Wildman–Crippen LogP) is 2.37. The molecule has 2 aromatic carbocycles. The quantitative estimate of drug-likeness (QED) is 0.661. The molecule has 0 heterocycles. The second-order valence-corrected chi connectivity index (χ2v) is 5.44. The lowest BCUT2D eigenvalue weighted by molar-refractivity contribution is -0.150. The van der Waals surface area contributed by atoms with Crippen LogP contribution in [-0.2, 0) is 20.7 Å². The molecule has 0 spiro atoms. The fraction of sp³-hybridized carbons (Fsp3) is 0.300. The van der Waals surface area contributed by atoms with Crippen LogP contribution in [0.15, 0.2) is 54.6 Å². The molecule has 2 rings (SSSR count). The third kappa shape index (κ3) is 7.25. The van der Waals surface area contributed by atoms with E-state index in [-0.39, 0.29) is 19.1 Å². The first-order valence-corrected chi connectivity index (χ1v) is 8.49. The molecule has 0 unspecified atom stereocenters. The topological polar surface area (TPSA) is 73.9 Å². The highest BCUT2D eigenvalue weighted by molar-refractivity contribution is 5.80. The van der Waals surface area contributed by atoms with E-state index in [0.29, 0.717) is 18.9 Å². The van der Waals surface area contributed by atoms with Gasteiger partial charge in [0.05, 0.1) is 6.61 Å². The van der Waals surface area contributed by atoms with Crippen molar-refractivity contribution in [3.63, 3.8) is 0 Å². The Morgan fingerprint density at radius 3 is 2.19 bits per heavy atom. The molecule has 0 saturated heterocycles. The first-order valence-electron chi connectivity index (χ1n) is 8.49. The highest BCUT2D eigenvalue weighted by atomic mass is 16.6. The Hall–Kier alpha value is -3.02. The fourth-order valence-electron chi connectivity index (χ4n) is 2.17. The average molecular weight is 357 g/mol. The molecule has 0 saturated carbocycles. The number of rotatable bonds is 10. The molecule has 0 aliphatic carbocycles. The van der Waals surface area contributed by atoms with Crippen LogP contribution in [0.2, 0.25) is 0 Å². The molecule has 2 aromatic rings. The largest absolute Gasteiger partial charge is 0.494 e. The van der Waals surface area contributed by atoms with Crippen LogP contribution in [0.1, 0.15) is 12.5 Å². The van der Waals surface area contributed by atoms with Crippen molar-refractivity contribution in [3.8, 4) is 11.5 Å². The molecule has 0 atom stereocenters. The van der Waals surface area contributed by atoms with E-state index in [1.165, 1.54) is 0 Å². The van der Waals surface area contributed by atoms with E-state index in [1.54, 1.807) is 24.3 Å². The number of nitrogens with one attached hydrogen (secondary N) is 1. The summed E-state index contributed by atoms with van der Waals surface area (Å²) in [6, 6.07) is 16.7. The molecule has 6 heteroatoms. The zero-order valence-electron chi connectivity index (χ0n) is 14.8. The lowest BCUT2D eigenvalue weighted by Crippen LogP contribution is -2.31. The van der Waals surface area contributed by atoms with Crippen molar-refractivity contribution in [1.82, 2.24) is 5.32 Å². The molecule has 0 aliphatic rings. The van der Waals surface area contributed by atoms with Crippen LogP contribution in [0.3, 0.4) is 0 Å². The Kier molecular flexibility index (Phi) is 7.99. The maximum Gasteiger partial charge on any atom is 0.344 e. The van der Waals surface area contributed by atoms with Gasteiger partial charge in [-0.2, -0.15) is 0 Å². The van der Waals surface area contributed by atoms with E-state index in [4.69, 9.17) is 14.2 Å². The van der Waals surface area contributed by atoms with Gasteiger partial charge in [-0.15, -0.1) is 0 Å². The SMILES string of the molecule is CCOc1ccc(OCC(=O)OCC(=O)NCCc2ccccc2)cc1. The Morgan fingerprint density at radius 1 is 0.885 bits per heavy atom. The van der Waals surface area contributed by atoms with Gasteiger partial charge < -0.3 is 19.5 Å². The predicted molar refractivity (Wildman–Crippen MR) is 97.2 cm³/mol. The fourth-order valence-corrected chi connectivity index (χ4v) is 2.17. The van der Waals surface area contributed by atoms with Crippen molar-refractivity contribution in [1.29, 1.82) is 0 Å². The number of esters is 1. The van der Waals surface area contributed by atoms with Crippen molar-refractivity contribution in [2.75, 3.05) is 26.4 Å². The Morgan fingerprint density at radius 2 is 1.54 bits per heavy atom. The molecule has 26 heavy (non-hydrogen) atoms. The lowest BCUT2D eigenvalue weighted by atomic mass is 10.1. The van der Waals surface area contributed by atoms with Gasteiger partial charge in [0.1, 0.15) is 11.5 Å². The summed E-state index contributed by atoms with van der Waals surface area (Å²) in [6.07, 6.45) is 0.724. The first-order chi connectivity index (χ1) is 12.7. The molecular formula is C20H23NO5. The molecule has 0 aromatic heterocycles. The normalized spacial score (nSPS) is 10.0. The van der Waals surface area contributed by atoms with Gasteiger partial charge in [0.25, 0.3) is 5.91 Å². The van der Waals surface area contributed by atoms with E-state index < -0.39 is 5.97 Å². The minimum atomic E-state index is -0.600. The Balaban J connectivity index is 1.59. The molecule has 6 nitrogen and oxygen atoms in total. The molecule has 0 aliphatic heterocycles. The van der Waals surface area contributed by atoms with Crippen LogP contribution in [0.25, 0.3) is 0 Å². The maximum absolute atomic E-state index is 11.7. The molecule has 1 N–H and O–H groups in total. The number of amides is 1. The summed E-state index contributed by atoms with van der Waals surface area (Å²) in [7, 11) is 0. The average Bonchev–Trinajstić information content (AvgIpc) is 2.67. The van der Waals surface area contributed by atoms with Crippen LogP contribution in [0.5, 0.6) is 11.5 Å². The van der Waals surface area contributed by atoms with Crippen LogP contribution >= 0.6 is 0 Å². The number of carbonyl (C=O) groups excluding carboxylic acids is 2. The first kappa shape index (κ1) is 19.3. The summed E-state index contributed by atoms with van der Waals surface area (Å²) in [5.74, 6) is 0.319. The summed E-state index contributed by atoms with van der Waals surface area (Å²) in [5.41, 5.74) is 1.13. The number of hydrogen-bond donors (Lipinski definition) is 1. The number of hydrogen-bond acceptors (Lipinski definition) is 5. The van der Waals surface area contributed by atoms with Crippen molar-refractivity contribution in [2.45, 2.75) is 13.3 Å². The van der Waals surface area contributed by atoms with Gasteiger partial charge in [-0.3, -0.25) is 4.79 Å². The second-order valence-electron chi connectivity index (χ2n) is 5.44. The van der Waals surface area contributed by atoms with Gasteiger partial charge in [-0.25, -0.2) is 4.79 Å². The monoisotopic (exact) mass is 357 g/mol. The van der Waals surface area contributed by atoms with Gasteiger partial charge in [0.2, 0.25) is 0 Å². The zero-order chi connectivity index (χ0) is 18.6. The summed E-state index contributed by atoms with van der Waals surface area (Å²) >= 11 is 0. The standard InChI is InChI=1S/C20H23NO5/c1-2-24-17-8-10-18(11-9-17)25-15-20(23)26-14-19(22)21-13-12-16-6-4-3-5-7-16/h3-11H,2,12-15H2,1H3,(H,21,22). The van der Waals surface area contributed by atoms with Gasteiger partial charge in [-0.1, -0.05) is 30.3 Å². The zero-order valence-corrected chi connectivity index (χ0v) is 14.8. The number of carbonyl (C=O) groups is 2. The van der Waals surface area contributed by atoms with Crippen LogP contribution < -0.4 is 14.8 Å². The summed E-state index contributed by atoms with van der Waals surface area (Å²) < 4.78 is 15.5. The Bertz CT molecular complexity index is 685. The third-order valence-corrected chi connectivity index (χ3v) is 3.43. The minimum absolute atomic E-state index is 0.259. The summed E-state index contributed by atoms with van der Waals surface area (Å²) in [5, 5.41) is 2.71. The second kappa shape index (κ2) is 10.8. The van der Waals surface area contributed by atoms with Crippen molar-refractivity contribution in [2.24, 2.45) is 0 Å². The molecular weight excluding hydrogens is 334 g/mol. The van der Waals surface area contributed by atoms with Gasteiger partial charge >= 0.3 is 5.97 Å². The third-order valence-electron chi connectivity index (χ3n) is 3.43. The summed E-state index contributed by atoms with van der Waals surface area (Å²) in [6.45, 7) is 2.40. The molecule has 0 fully saturated rings. The van der Waals surface area contributed by atoms with Crippen molar-refractivity contribution < 1.29 is 23.8 Å². The van der Waals surface area contributed by atoms with Crippen molar-refractivity contribution >= 4 is 11.9 Å². The van der Waals surface area contributed by atoms with E-state index in [9.17, 15) is 9.59 Å². The number of ether oxygens (including phenoxy) is 3. The smallest absolute Gasteiger partial charge is 0.344 e. The maximum atomic E-state index is 11.7. The number of benzene rings is 2. The Labute approximate surface area is 153 Å². The van der Waals surface area contributed by atoms with E-state index in [2.05, 4.69) is 5.32 Å². The van der Waals surface area contributed by atoms with Crippen LogP contribution in [0, 0.1) is 0 Å². The molecule has 138 valence electrons. The molecule has 1 amide bonds. The van der Waals surface area contributed by atoms with Gasteiger partial charge in [-0.05, 0) is 43.2 Å². The van der Waals surface area contributed by atoms with E-state index >= 15 is 0 Å². The van der Waals surface area contributed by atoms with E-state index in [1.807, 2.05) is 37.3 Å². The highest BCUT2D eigenvalue weighted by Crippen LogP contribution is 2.17.